The lowest BCUT2D eigenvalue weighted by atomic mass is 10.3. The molecule has 0 aliphatic heterocycles. The van der Waals surface area contributed by atoms with E-state index in [2.05, 4.69) is 0 Å². The van der Waals surface area contributed by atoms with Gasteiger partial charge in [-0.1, -0.05) is 6.92 Å². The maximum atomic E-state index is 8.95. The lowest BCUT2D eigenvalue weighted by Gasteiger charge is -1.93. The summed E-state index contributed by atoms with van der Waals surface area (Å²) in [5.74, 6) is 0.338. The van der Waals surface area contributed by atoms with Crippen LogP contribution < -0.4 is 4.57 Å². The van der Waals surface area contributed by atoms with Gasteiger partial charge in [0, 0.05) is 0 Å². The molecule has 1 rings (SSSR count). The van der Waals surface area contributed by atoms with Crippen LogP contribution in [0.15, 0.2) is 0 Å². The molecular formula is C10H10N5+. The summed E-state index contributed by atoms with van der Waals surface area (Å²) in [6.07, 6.45) is 0.808. The first-order valence-corrected chi connectivity index (χ1v) is 4.54. The second-order valence-corrected chi connectivity index (χ2v) is 3.07. The fourth-order valence-corrected chi connectivity index (χ4v) is 1.50. The quantitative estimate of drug-likeness (QED) is 0.645. The molecule has 0 radical (unpaired) electrons. The molecule has 0 spiro atoms. The number of nitrogens with zero attached hydrogens (tertiary/aromatic N) is 5. The first kappa shape index (κ1) is 10.8. The minimum Gasteiger partial charge on any atom is -0.207 e. The molecule has 0 saturated carbocycles. The van der Waals surface area contributed by atoms with Crippen LogP contribution in [-0.4, -0.2) is 4.57 Å². The first-order valence-electron chi connectivity index (χ1n) is 4.54. The van der Waals surface area contributed by atoms with Crippen LogP contribution in [0.2, 0.25) is 0 Å². The molecule has 5 nitrogen and oxygen atoms in total. The fourth-order valence-electron chi connectivity index (χ4n) is 1.50. The van der Waals surface area contributed by atoms with Gasteiger partial charge in [0.25, 0.3) is 11.4 Å². The zero-order chi connectivity index (χ0) is 11.4. The predicted octanol–water partition coefficient (Wildman–Crippen LogP) is 0.338. The molecule has 15 heavy (non-hydrogen) atoms. The maximum Gasteiger partial charge on any atom is 0.363 e. The van der Waals surface area contributed by atoms with E-state index < -0.39 is 0 Å². The molecule has 0 bridgehead atoms. The van der Waals surface area contributed by atoms with E-state index in [9.17, 15) is 0 Å². The summed E-state index contributed by atoms with van der Waals surface area (Å²) in [6, 6.07) is 5.90. The van der Waals surface area contributed by atoms with Crippen molar-refractivity contribution in [3.8, 4) is 18.2 Å². The third-order valence-corrected chi connectivity index (χ3v) is 2.16. The highest BCUT2D eigenvalue weighted by Gasteiger charge is 2.28. The van der Waals surface area contributed by atoms with Crippen LogP contribution in [0.5, 0.6) is 0 Å². The Bertz CT molecular complexity index is 504. The number of hydrogen-bond donors (Lipinski definition) is 0. The van der Waals surface area contributed by atoms with Crippen molar-refractivity contribution in [3.63, 3.8) is 0 Å². The summed E-state index contributed by atoms with van der Waals surface area (Å²) in [6.45, 7) is 2.52. The standard InChI is InChI=1S/C10H10N5/c1-3-4-15-9(6-12)8(5-11)14(2)10(15)7-13/h3-4H2,1-2H3/q+1. The van der Waals surface area contributed by atoms with Crippen LogP contribution in [0.3, 0.4) is 0 Å². The summed E-state index contributed by atoms with van der Waals surface area (Å²) in [4.78, 5) is 0. The third kappa shape index (κ3) is 1.54. The van der Waals surface area contributed by atoms with Gasteiger partial charge < -0.3 is 0 Å². The second-order valence-electron chi connectivity index (χ2n) is 3.07. The number of nitriles is 3. The summed E-state index contributed by atoms with van der Waals surface area (Å²) < 4.78 is 3.03. The van der Waals surface area contributed by atoms with Crippen LogP contribution in [-0.2, 0) is 13.6 Å². The van der Waals surface area contributed by atoms with Crippen LogP contribution >= 0.6 is 0 Å². The summed E-state index contributed by atoms with van der Waals surface area (Å²) in [5, 5.41) is 26.8. The highest BCUT2D eigenvalue weighted by atomic mass is 15.2. The minimum absolute atomic E-state index is 0.238. The van der Waals surface area contributed by atoms with Gasteiger partial charge in [-0.25, -0.2) is 9.13 Å². The van der Waals surface area contributed by atoms with E-state index in [0.717, 1.165) is 6.42 Å². The number of hydrogen-bond acceptors (Lipinski definition) is 3. The molecule has 0 aromatic carbocycles. The Morgan fingerprint density at radius 1 is 1.20 bits per heavy atom. The highest BCUT2D eigenvalue weighted by Crippen LogP contribution is 2.08. The topological polar surface area (TPSA) is 80.2 Å². The Hall–Kier alpha value is -2.32. The molecule has 1 heterocycles. The molecule has 74 valence electrons. The fraction of sp³-hybridized carbons (Fsp3) is 0.400. The van der Waals surface area contributed by atoms with Gasteiger partial charge in [-0.2, -0.15) is 15.8 Å². The molecule has 0 atom stereocenters. The van der Waals surface area contributed by atoms with Gasteiger partial charge >= 0.3 is 5.82 Å². The minimum atomic E-state index is 0.238. The van der Waals surface area contributed by atoms with Gasteiger partial charge in [0.05, 0.1) is 13.6 Å². The number of imidazole rings is 1. The van der Waals surface area contributed by atoms with Gasteiger partial charge in [-0.15, -0.1) is 0 Å². The van der Waals surface area contributed by atoms with Crippen LogP contribution in [0.25, 0.3) is 0 Å². The Balaban J connectivity index is 3.57. The zero-order valence-corrected chi connectivity index (χ0v) is 8.65. The van der Waals surface area contributed by atoms with Crippen molar-refractivity contribution in [2.45, 2.75) is 19.9 Å². The van der Waals surface area contributed by atoms with Crippen molar-refractivity contribution in [3.05, 3.63) is 17.2 Å². The van der Waals surface area contributed by atoms with E-state index >= 15 is 0 Å². The second kappa shape index (κ2) is 4.26. The largest absolute Gasteiger partial charge is 0.363 e. The van der Waals surface area contributed by atoms with E-state index in [1.807, 2.05) is 25.1 Å². The van der Waals surface area contributed by atoms with Crippen molar-refractivity contribution in [1.82, 2.24) is 4.57 Å². The van der Waals surface area contributed by atoms with Crippen LogP contribution in [0, 0.1) is 34.0 Å². The van der Waals surface area contributed by atoms with Gasteiger partial charge in [-0.05, 0) is 6.42 Å². The first-order chi connectivity index (χ1) is 7.21. The number of aromatic nitrogens is 2. The van der Waals surface area contributed by atoms with Crippen molar-refractivity contribution in [2.75, 3.05) is 0 Å². The third-order valence-electron chi connectivity index (χ3n) is 2.16. The van der Waals surface area contributed by atoms with Gasteiger partial charge in [0.1, 0.15) is 12.1 Å². The molecule has 0 unspecified atom stereocenters. The Morgan fingerprint density at radius 3 is 2.27 bits per heavy atom. The molecule has 0 saturated heterocycles. The molecule has 0 amide bonds. The van der Waals surface area contributed by atoms with Gasteiger partial charge in [0.15, 0.2) is 6.07 Å². The highest BCUT2D eigenvalue weighted by molar-refractivity contribution is 5.35. The SMILES string of the molecule is CCCn1c(C#N)c(C#N)[n+](C)c1C#N. The normalized spacial score (nSPS) is 9.00. The van der Waals surface area contributed by atoms with Crippen LogP contribution in [0.1, 0.15) is 30.6 Å². The molecule has 5 heteroatoms. The van der Waals surface area contributed by atoms with E-state index in [4.69, 9.17) is 15.8 Å². The average molecular weight is 200 g/mol. The van der Waals surface area contributed by atoms with Crippen molar-refractivity contribution < 1.29 is 4.57 Å². The molecule has 0 aliphatic rings. The monoisotopic (exact) mass is 200 g/mol. The number of rotatable bonds is 2. The molecule has 1 aromatic heterocycles. The lowest BCUT2D eigenvalue weighted by Crippen LogP contribution is -2.34. The molecular weight excluding hydrogens is 190 g/mol. The molecule has 0 N–H and O–H groups in total. The van der Waals surface area contributed by atoms with Crippen molar-refractivity contribution in [1.29, 1.82) is 15.8 Å². The van der Waals surface area contributed by atoms with Crippen molar-refractivity contribution >= 4 is 0 Å². The molecule has 1 aromatic rings. The Labute approximate surface area is 88.0 Å². The van der Waals surface area contributed by atoms with E-state index in [1.165, 1.54) is 4.57 Å². The molecule has 0 aliphatic carbocycles. The maximum absolute atomic E-state index is 8.95. The molecule has 0 fully saturated rings. The van der Waals surface area contributed by atoms with Crippen molar-refractivity contribution in [2.24, 2.45) is 7.05 Å². The zero-order valence-electron chi connectivity index (χ0n) is 8.65. The summed E-state index contributed by atoms with van der Waals surface area (Å²) in [7, 11) is 1.62. The Kier molecular flexibility index (Phi) is 3.06. The summed E-state index contributed by atoms with van der Waals surface area (Å²) >= 11 is 0. The summed E-state index contributed by atoms with van der Waals surface area (Å²) in [5.41, 5.74) is 0.501. The average Bonchev–Trinajstić information content (AvgIpc) is 2.50. The van der Waals surface area contributed by atoms with Crippen LogP contribution in [0.4, 0.5) is 0 Å². The Morgan fingerprint density at radius 2 is 1.87 bits per heavy atom. The smallest absolute Gasteiger partial charge is 0.207 e. The van der Waals surface area contributed by atoms with E-state index in [-0.39, 0.29) is 11.4 Å². The predicted molar refractivity (Wildman–Crippen MR) is 50.0 cm³/mol. The van der Waals surface area contributed by atoms with Gasteiger partial charge in [0.2, 0.25) is 0 Å². The van der Waals surface area contributed by atoms with E-state index in [1.54, 1.807) is 11.6 Å². The van der Waals surface area contributed by atoms with E-state index in [0.29, 0.717) is 12.4 Å². The lowest BCUT2D eigenvalue weighted by molar-refractivity contribution is -0.676. The van der Waals surface area contributed by atoms with Gasteiger partial charge in [-0.3, -0.25) is 0 Å².